The number of halogens is 2. The maximum absolute atomic E-state index is 10.2. The second-order valence-electron chi connectivity index (χ2n) is 7.95. The van der Waals surface area contributed by atoms with E-state index in [2.05, 4.69) is 10.6 Å². The van der Waals surface area contributed by atoms with Gasteiger partial charge >= 0.3 is 0 Å². The second kappa shape index (κ2) is 17.8. The van der Waals surface area contributed by atoms with E-state index in [0.29, 0.717) is 35.3 Å². The quantitative estimate of drug-likeness (QED) is 0.167. The molecule has 10 heteroatoms. The molecule has 2 rings (SSSR count). The van der Waals surface area contributed by atoms with Gasteiger partial charge in [-0.3, -0.25) is 0 Å². The Kier molecular flexibility index (Phi) is 16.9. The van der Waals surface area contributed by atoms with Crippen molar-refractivity contribution in [3.63, 3.8) is 0 Å². The number of hydrogen-bond donors (Lipinski definition) is 8. The van der Waals surface area contributed by atoms with Crippen LogP contribution in [0.1, 0.15) is 60.1 Å². The predicted molar refractivity (Wildman–Crippen MR) is 137 cm³/mol. The first kappa shape index (κ1) is 32.4. The van der Waals surface area contributed by atoms with Gasteiger partial charge in [-0.2, -0.15) is 0 Å². The van der Waals surface area contributed by atoms with Crippen LogP contribution < -0.4 is 10.6 Å². The van der Waals surface area contributed by atoms with Gasteiger partial charge in [0.05, 0.1) is 25.4 Å². The van der Waals surface area contributed by atoms with Gasteiger partial charge in [0.25, 0.3) is 0 Å². The standard InChI is InChI=1S/C24H36N2O6.2ClH/c27-15-19-11-17(5-7-21(19)29)23(31)13-25-9-3-1-2-4-10-26-14-24(32)18-6-8-22(30)20(12-18)16-28;;/h5-8,11-12,23-32H,1-4,9-10,13-16H2;2*1H. The molecule has 8 nitrogen and oxygen atoms in total. The summed E-state index contributed by atoms with van der Waals surface area (Å²) in [6.07, 6.45) is 2.70. The summed E-state index contributed by atoms with van der Waals surface area (Å²) in [7, 11) is 0. The molecule has 0 aliphatic carbocycles. The highest BCUT2D eigenvalue weighted by atomic mass is 35.5. The smallest absolute Gasteiger partial charge is 0.121 e. The Morgan fingerprint density at radius 3 is 1.35 bits per heavy atom. The number of aliphatic hydroxyl groups excluding tert-OH is 4. The number of phenols is 2. The zero-order valence-electron chi connectivity index (χ0n) is 19.2. The number of unbranched alkanes of at least 4 members (excludes halogenated alkanes) is 3. The van der Waals surface area contributed by atoms with E-state index in [1.54, 1.807) is 24.3 Å². The van der Waals surface area contributed by atoms with E-state index in [-0.39, 0.29) is 49.5 Å². The highest BCUT2D eigenvalue weighted by Crippen LogP contribution is 2.23. The summed E-state index contributed by atoms with van der Waals surface area (Å²) in [6, 6.07) is 9.48. The first-order chi connectivity index (χ1) is 15.5. The molecule has 0 radical (unpaired) electrons. The van der Waals surface area contributed by atoms with Crippen LogP contribution in [0.15, 0.2) is 36.4 Å². The summed E-state index contributed by atoms with van der Waals surface area (Å²) < 4.78 is 0. The minimum Gasteiger partial charge on any atom is -0.508 e. The zero-order chi connectivity index (χ0) is 23.3. The molecule has 0 heterocycles. The van der Waals surface area contributed by atoms with Crippen LogP contribution in [0.4, 0.5) is 0 Å². The van der Waals surface area contributed by atoms with Gasteiger partial charge in [-0.15, -0.1) is 24.8 Å². The Bertz CT molecular complexity index is 761. The Morgan fingerprint density at radius 2 is 1.00 bits per heavy atom. The van der Waals surface area contributed by atoms with Crippen molar-refractivity contribution in [3.05, 3.63) is 58.7 Å². The fourth-order valence-corrected chi connectivity index (χ4v) is 3.45. The zero-order valence-corrected chi connectivity index (χ0v) is 20.8. The first-order valence-electron chi connectivity index (χ1n) is 11.1. The lowest BCUT2D eigenvalue weighted by molar-refractivity contribution is 0.173. The van der Waals surface area contributed by atoms with Crippen molar-refractivity contribution in [1.82, 2.24) is 10.6 Å². The van der Waals surface area contributed by atoms with Gasteiger partial charge in [0.2, 0.25) is 0 Å². The van der Waals surface area contributed by atoms with Gasteiger partial charge in [-0.05, 0) is 61.3 Å². The van der Waals surface area contributed by atoms with Crippen LogP contribution in [-0.4, -0.2) is 56.8 Å². The molecule has 0 fully saturated rings. The van der Waals surface area contributed by atoms with Gasteiger partial charge in [-0.25, -0.2) is 0 Å². The van der Waals surface area contributed by atoms with Gasteiger partial charge in [0.15, 0.2) is 0 Å². The molecule has 2 unspecified atom stereocenters. The highest BCUT2D eigenvalue weighted by molar-refractivity contribution is 5.85. The minimum atomic E-state index is -0.696. The molecule has 34 heavy (non-hydrogen) atoms. The van der Waals surface area contributed by atoms with E-state index in [0.717, 1.165) is 38.8 Å². The van der Waals surface area contributed by atoms with Crippen molar-refractivity contribution in [2.45, 2.75) is 51.1 Å². The molecule has 194 valence electrons. The molecule has 2 atom stereocenters. The molecule has 0 aliphatic heterocycles. The lowest BCUT2D eigenvalue weighted by Crippen LogP contribution is -2.23. The SMILES string of the molecule is Cl.Cl.OCc1cc(C(O)CNCCCCCCNCC(O)c2ccc(O)c(CO)c2)ccc1O. The first-order valence-corrected chi connectivity index (χ1v) is 11.1. The number of rotatable bonds is 15. The van der Waals surface area contributed by atoms with Crippen molar-refractivity contribution in [3.8, 4) is 11.5 Å². The Balaban J connectivity index is 0.00000544. The van der Waals surface area contributed by atoms with Crippen molar-refractivity contribution in [2.24, 2.45) is 0 Å². The maximum Gasteiger partial charge on any atom is 0.121 e. The van der Waals surface area contributed by atoms with Crippen molar-refractivity contribution in [2.75, 3.05) is 26.2 Å². The minimum absolute atomic E-state index is 0. The van der Waals surface area contributed by atoms with Gasteiger partial charge in [-0.1, -0.05) is 25.0 Å². The number of nitrogens with one attached hydrogen (secondary N) is 2. The summed E-state index contributed by atoms with van der Waals surface area (Å²) in [4.78, 5) is 0. The molecule has 2 aromatic carbocycles. The summed E-state index contributed by atoms with van der Waals surface area (Å²) >= 11 is 0. The molecular weight excluding hydrogens is 483 g/mol. The van der Waals surface area contributed by atoms with Crippen molar-refractivity contribution >= 4 is 24.8 Å². The third-order valence-corrected chi connectivity index (χ3v) is 5.45. The van der Waals surface area contributed by atoms with Crippen LogP contribution >= 0.6 is 24.8 Å². The van der Waals surface area contributed by atoms with E-state index in [1.165, 1.54) is 12.1 Å². The fraction of sp³-hybridized carbons (Fsp3) is 0.500. The van der Waals surface area contributed by atoms with Crippen LogP contribution in [0.3, 0.4) is 0 Å². The normalized spacial score (nSPS) is 12.5. The van der Waals surface area contributed by atoms with Crippen LogP contribution in [-0.2, 0) is 13.2 Å². The summed E-state index contributed by atoms with van der Waals surface area (Å²) in [5.41, 5.74) is 2.13. The summed E-state index contributed by atoms with van der Waals surface area (Å²) in [5.74, 6) is 0.0493. The molecule has 0 spiro atoms. The Hall–Kier alpha value is -1.62. The lowest BCUT2D eigenvalue weighted by atomic mass is 10.1. The van der Waals surface area contributed by atoms with E-state index >= 15 is 0 Å². The molecule has 0 bridgehead atoms. The molecule has 0 aromatic heterocycles. The molecule has 0 aliphatic rings. The van der Waals surface area contributed by atoms with Crippen molar-refractivity contribution in [1.29, 1.82) is 0 Å². The number of benzene rings is 2. The second-order valence-corrected chi connectivity index (χ2v) is 7.95. The van der Waals surface area contributed by atoms with Crippen LogP contribution in [0.5, 0.6) is 11.5 Å². The average Bonchev–Trinajstić information content (AvgIpc) is 2.80. The van der Waals surface area contributed by atoms with E-state index in [4.69, 9.17) is 0 Å². The third kappa shape index (κ3) is 10.8. The summed E-state index contributed by atoms with van der Waals surface area (Å²) in [5, 5.41) is 64.4. The predicted octanol–water partition coefficient (Wildman–Crippen LogP) is 2.43. The number of hydrogen-bond acceptors (Lipinski definition) is 8. The third-order valence-electron chi connectivity index (χ3n) is 5.45. The van der Waals surface area contributed by atoms with Crippen LogP contribution in [0, 0.1) is 0 Å². The van der Waals surface area contributed by atoms with Crippen LogP contribution in [0.2, 0.25) is 0 Å². The lowest BCUT2D eigenvalue weighted by Gasteiger charge is -2.14. The van der Waals surface area contributed by atoms with E-state index < -0.39 is 12.2 Å². The topological polar surface area (TPSA) is 145 Å². The van der Waals surface area contributed by atoms with Gasteiger partial charge in [0, 0.05) is 24.2 Å². The van der Waals surface area contributed by atoms with Gasteiger partial charge in [0.1, 0.15) is 11.5 Å². The molecule has 0 saturated carbocycles. The van der Waals surface area contributed by atoms with Crippen LogP contribution in [0.25, 0.3) is 0 Å². The number of aliphatic hydroxyl groups is 4. The number of aromatic hydroxyl groups is 2. The van der Waals surface area contributed by atoms with Gasteiger partial charge < -0.3 is 41.3 Å². The largest absolute Gasteiger partial charge is 0.508 e. The van der Waals surface area contributed by atoms with Crippen molar-refractivity contribution < 1.29 is 30.6 Å². The molecular formula is C24H38Cl2N2O6. The monoisotopic (exact) mass is 520 g/mol. The van der Waals surface area contributed by atoms with E-state index in [1.807, 2.05) is 0 Å². The molecule has 8 N–H and O–H groups in total. The maximum atomic E-state index is 10.2. The average molecular weight is 521 g/mol. The Labute approximate surface area is 213 Å². The fourth-order valence-electron chi connectivity index (χ4n) is 3.45. The molecule has 2 aromatic rings. The van der Waals surface area contributed by atoms with E-state index in [9.17, 15) is 30.6 Å². The summed E-state index contributed by atoms with van der Waals surface area (Å²) in [6.45, 7) is 1.86. The molecule has 0 saturated heterocycles. The Morgan fingerprint density at radius 1 is 0.618 bits per heavy atom. The highest BCUT2D eigenvalue weighted by Gasteiger charge is 2.11. The molecule has 0 amide bonds.